The molecule has 3 nitrogen and oxygen atoms in total. The van der Waals surface area contributed by atoms with Crippen LogP contribution in [0.3, 0.4) is 0 Å². The van der Waals surface area contributed by atoms with Gasteiger partial charge in [-0.2, -0.15) is 0 Å². The molecule has 0 fully saturated rings. The molecule has 1 rings (SSSR count). The molecule has 5 heteroatoms. The number of halogens is 2. The summed E-state index contributed by atoms with van der Waals surface area (Å²) in [5.74, 6) is -2.10. The summed E-state index contributed by atoms with van der Waals surface area (Å²) in [6.45, 7) is 3.57. The maximum atomic E-state index is 13.5. The van der Waals surface area contributed by atoms with Crippen molar-refractivity contribution in [2.45, 2.75) is 20.3 Å². The summed E-state index contributed by atoms with van der Waals surface area (Å²) < 4.78 is 31.4. The number of carbonyl (C=O) groups is 1. The molecule has 0 unspecified atom stereocenters. The van der Waals surface area contributed by atoms with Gasteiger partial charge in [-0.05, 0) is 31.1 Å². The summed E-state index contributed by atoms with van der Waals surface area (Å²) in [4.78, 5) is 11.3. The Morgan fingerprint density at radius 3 is 2.56 bits per heavy atom. The van der Waals surface area contributed by atoms with Gasteiger partial charge in [0, 0.05) is 11.6 Å². The van der Waals surface area contributed by atoms with Crippen LogP contribution in [0, 0.1) is 11.6 Å². The smallest absolute Gasteiger partial charge is 0.354 e. The van der Waals surface area contributed by atoms with Crippen LogP contribution in [0.25, 0.3) is 6.08 Å². The Kier molecular flexibility index (Phi) is 4.83. The SMILES string of the molecule is CCOC(=O)/C(N)=C/c1cc(CC)c(F)cc1F. The fraction of sp³-hybridized carbons (Fsp3) is 0.308. The van der Waals surface area contributed by atoms with E-state index in [1.54, 1.807) is 13.8 Å². The first kappa shape index (κ1) is 14.2. The second-order valence-electron chi connectivity index (χ2n) is 3.64. The van der Waals surface area contributed by atoms with Crippen molar-refractivity contribution in [3.63, 3.8) is 0 Å². The van der Waals surface area contributed by atoms with Gasteiger partial charge in [-0.15, -0.1) is 0 Å². The maximum Gasteiger partial charge on any atom is 0.354 e. The van der Waals surface area contributed by atoms with Gasteiger partial charge in [0.05, 0.1) is 6.61 Å². The largest absolute Gasteiger partial charge is 0.461 e. The summed E-state index contributed by atoms with van der Waals surface area (Å²) in [6.07, 6.45) is 1.57. The lowest BCUT2D eigenvalue weighted by molar-refractivity contribution is -0.138. The van der Waals surface area contributed by atoms with Gasteiger partial charge in [0.1, 0.15) is 17.3 Å². The molecule has 0 aliphatic heterocycles. The van der Waals surface area contributed by atoms with E-state index < -0.39 is 17.6 Å². The predicted molar refractivity (Wildman–Crippen MR) is 64.5 cm³/mol. The molecule has 0 atom stereocenters. The molecule has 0 aliphatic rings. The highest BCUT2D eigenvalue weighted by Gasteiger charge is 2.10. The van der Waals surface area contributed by atoms with Crippen molar-refractivity contribution in [3.05, 3.63) is 40.6 Å². The fourth-order valence-electron chi connectivity index (χ4n) is 1.44. The zero-order chi connectivity index (χ0) is 13.7. The van der Waals surface area contributed by atoms with Gasteiger partial charge in [0.2, 0.25) is 0 Å². The normalized spacial score (nSPS) is 11.4. The quantitative estimate of drug-likeness (QED) is 0.664. The molecule has 18 heavy (non-hydrogen) atoms. The predicted octanol–water partition coefficient (Wildman–Crippen LogP) is 2.39. The molecule has 0 bridgehead atoms. The number of carbonyl (C=O) groups excluding carboxylic acids is 1. The minimum atomic E-state index is -0.767. The van der Waals surface area contributed by atoms with E-state index in [-0.39, 0.29) is 17.9 Å². The molecule has 0 aliphatic carbocycles. The van der Waals surface area contributed by atoms with Crippen molar-refractivity contribution in [1.29, 1.82) is 0 Å². The van der Waals surface area contributed by atoms with Crippen molar-refractivity contribution in [3.8, 4) is 0 Å². The number of hydrogen-bond acceptors (Lipinski definition) is 3. The summed E-state index contributed by atoms with van der Waals surface area (Å²) in [5.41, 5.74) is 5.67. The Morgan fingerprint density at radius 1 is 1.33 bits per heavy atom. The molecule has 2 N–H and O–H groups in total. The standard InChI is InChI=1S/C13H15F2NO2/c1-3-8-5-9(11(15)7-10(8)14)6-12(16)13(17)18-4-2/h5-7H,3-4,16H2,1-2H3/b12-6-. The Balaban J connectivity index is 3.10. The number of esters is 1. The third-order valence-electron chi connectivity index (χ3n) is 2.37. The zero-order valence-electron chi connectivity index (χ0n) is 10.3. The van der Waals surface area contributed by atoms with E-state index in [9.17, 15) is 13.6 Å². The first-order valence-corrected chi connectivity index (χ1v) is 5.61. The molecule has 0 heterocycles. The molecule has 0 spiro atoms. The summed E-state index contributed by atoms with van der Waals surface area (Å²) in [7, 11) is 0. The van der Waals surface area contributed by atoms with Crippen molar-refractivity contribution in [2.75, 3.05) is 6.61 Å². The first-order chi connectivity index (χ1) is 8.49. The van der Waals surface area contributed by atoms with Crippen LogP contribution in [0.15, 0.2) is 17.8 Å². The van der Waals surface area contributed by atoms with E-state index in [2.05, 4.69) is 4.74 Å². The molecular formula is C13H15F2NO2. The summed E-state index contributed by atoms with van der Waals surface area (Å²) in [6, 6.07) is 2.11. The van der Waals surface area contributed by atoms with E-state index >= 15 is 0 Å². The fourth-order valence-corrected chi connectivity index (χ4v) is 1.44. The van der Waals surface area contributed by atoms with Crippen LogP contribution in [0.1, 0.15) is 25.0 Å². The lowest BCUT2D eigenvalue weighted by Crippen LogP contribution is -2.14. The van der Waals surface area contributed by atoms with E-state index in [1.807, 2.05) is 0 Å². The number of rotatable bonds is 4. The lowest BCUT2D eigenvalue weighted by atomic mass is 10.1. The molecule has 0 radical (unpaired) electrons. The van der Waals surface area contributed by atoms with Crippen LogP contribution >= 0.6 is 0 Å². The second-order valence-corrected chi connectivity index (χ2v) is 3.64. The maximum absolute atomic E-state index is 13.5. The molecule has 0 saturated carbocycles. The van der Waals surface area contributed by atoms with E-state index in [0.717, 1.165) is 12.1 Å². The minimum Gasteiger partial charge on any atom is -0.461 e. The van der Waals surface area contributed by atoms with Crippen molar-refractivity contribution >= 4 is 12.0 Å². The summed E-state index contributed by atoms with van der Waals surface area (Å²) >= 11 is 0. The molecule has 1 aromatic rings. The van der Waals surface area contributed by atoms with Gasteiger partial charge in [0.15, 0.2) is 0 Å². The highest BCUT2D eigenvalue weighted by atomic mass is 19.1. The van der Waals surface area contributed by atoms with Gasteiger partial charge in [0.25, 0.3) is 0 Å². The Labute approximate surface area is 104 Å². The average molecular weight is 255 g/mol. The van der Waals surface area contributed by atoms with Crippen LogP contribution in [0.2, 0.25) is 0 Å². The van der Waals surface area contributed by atoms with Gasteiger partial charge >= 0.3 is 5.97 Å². The molecule has 0 saturated heterocycles. The van der Waals surface area contributed by atoms with Gasteiger partial charge < -0.3 is 10.5 Å². The van der Waals surface area contributed by atoms with Gasteiger partial charge in [-0.1, -0.05) is 6.92 Å². The van der Waals surface area contributed by atoms with E-state index in [4.69, 9.17) is 5.73 Å². The van der Waals surface area contributed by atoms with Gasteiger partial charge in [-0.3, -0.25) is 0 Å². The number of ether oxygens (including phenoxy) is 1. The first-order valence-electron chi connectivity index (χ1n) is 5.61. The molecule has 0 aromatic heterocycles. The second kappa shape index (κ2) is 6.14. The average Bonchev–Trinajstić information content (AvgIpc) is 2.32. The van der Waals surface area contributed by atoms with Crippen LogP contribution in [-0.4, -0.2) is 12.6 Å². The number of aryl methyl sites for hydroxylation is 1. The molecule has 1 aromatic carbocycles. The number of benzene rings is 1. The Morgan fingerprint density at radius 2 is 2.00 bits per heavy atom. The highest BCUT2D eigenvalue weighted by molar-refractivity contribution is 5.92. The Bertz CT molecular complexity index is 484. The van der Waals surface area contributed by atoms with Crippen LogP contribution in [0.5, 0.6) is 0 Å². The summed E-state index contributed by atoms with van der Waals surface area (Å²) in [5, 5.41) is 0. The highest BCUT2D eigenvalue weighted by Crippen LogP contribution is 2.17. The minimum absolute atomic E-state index is 0.0683. The molecule has 0 amide bonds. The number of hydrogen-bond donors (Lipinski definition) is 1. The lowest BCUT2D eigenvalue weighted by Gasteiger charge is -2.05. The van der Waals surface area contributed by atoms with Crippen LogP contribution in [0.4, 0.5) is 8.78 Å². The number of nitrogens with two attached hydrogens (primary N) is 1. The topological polar surface area (TPSA) is 52.3 Å². The van der Waals surface area contributed by atoms with Gasteiger partial charge in [-0.25, -0.2) is 13.6 Å². The van der Waals surface area contributed by atoms with Crippen molar-refractivity contribution in [2.24, 2.45) is 5.73 Å². The van der Waals surface area contributed by atoms with Crippen LogP contribution in [-0.2, 0) is 16.0 Å². The van der Waals surface area contributed by atoms with E-state index in [0.29, 0.717) is 12.0 Å². The van der Waals surface area contributed by atoms with E-state index in [1.165, 1.54) is 6.07 Å². The third kappa shape index (κ3) is 3.29. The van der Waals surface area contributed by atoms with Crippen LogP contribution < -0.4 is 5.73 Å². The van der Waals surface area contributed by atoms with Crippen molar-refractivity contribution < 1.29 is 18.3 Å². The molecule has 98 valence electrons. The monoisotopic (exact) mass is 255 g/mol. The molecular weight excluding hydrogens is 240 g/mol. The van der Waals surface area contributed by atoms with Crippen molar-refractivity contribution in [1.82, 2.24) is 0 Å². The zero-order valence-corrected chi connectivity index (χ0v) is 10.3. The third-order valence-corrected chi connectivity index (χ3v) is 2.37. The Hall–Kier alpha value is -1.91.